The summed E-state index contributed by atoms with van der Waals surface area (Å²) in [4.78, 5) is 0. The average molecular weight is 244 g/mol. The third-order valence-electron chi connectivity index (χ3n) is 3.15. The van der Waals surface area contributed by atoms with E-state index in [0.717, 1.165) is 6.42 Å². The minimum atomic E-state index is 0.245. The van der Waals surface area contributed by atoms with E-state index < -0.39 is 0 Å². The second kappa shape index (κ2) is 5.73. The van der Waals surface area contributed by atoms with Gasteiger partial charge in [0.2, 0.25) is 0 Å². The maximum Gasteiger partial charge on any atom is -0.0132 e. The van der Waals surface area contributed by atoms with Crippen molar-refractivity contribution in [3.63, 3.8) is 0 Å². The summed E-state index contributed by atoms with van der Waals surface area (Å²) in [6.45, 7) is 13.6. The van der Waals surface area contributed by atoms with Crippen LogP contribution in [0.5, 0.6) is 0 Å². The van der Waals surface area contributed by atoms with Gasteiger partial charge in [0, 0.05) is 0 Å². The van der Waals surface area contributed by atoms with Crippen molar-refractivity contribution in [3.05, 3.63) is 41.5 Å². The molecule has 0 heterocycles. The first-order valence-corrected chi connectivity index (χ1v) is 6.96. The molecular formula is C18H28. The summed E-state index contributed by atoms with van der Waals surface area (Å²) in [5.41, 5.74) is 3.38. The second-order valence-electron chi connectivity index (χ2n) is 7.37. The summed E-state index contributed by atoms with van der Waals surface area (Å²) in [6.07, 6.45) is 6.92. The van der Waals surface area contributed by atoms with Gasteiger partial charge in [-0.25, -0.2) is 0 Å². The van der Waals surface area contributed by atoms with Gasteiger partial charge < -0.3 is 0 Å². The number of rotatable bonds is 3. The van der Waals surface area contributed by atoms with Gasteiger partial charge in [0.1, 0.15) is 0 Å². The third-order valence-corrected chi connectivity index (χ3v) is 3.15. The molecule has 1 rings (SSSR count). The van der Waals surface area contributed by atoms with Crippen molar-refractivity contribution in [1.82, 2.24) is 0 Å². The first-order valence-electron chi connectivity index (χ1n) is 6.96. The van der Waals surface area contributed by atoms with Gasteiger partial charge in [0.15, 0.2) is 0 Å². The molecule has 0 saturated carbocycles. The van der Waals surface area contributed by atoms with Gasteiger partial charge in [0.05, 0.1) is 0 Å². The smallest absolute Gasteiger partial charge is 0.0132 e. The molecule has 0 saturated heterocycles. The highest BCUT2D eigenvalue weighted by Gasteiger charge is 2.12. The van der Waals surface area contributed by atoms with Crippen LogP contribution in [-0.4, -0.2) is 0 Å². The fraction of sp³-hybridized carbons (Fsp3) is 0.556. The van der Waals surface area contributed by atoms with Crippen LogP contribution in [-0.2, 0) is 5.41 Å². The van der Waals surface area contributed by atoms with E-state index in [1.54, 1.807) is 0 Å². The number of hydrogen-bond acceptors (Lipinski definition) is 0. The lowest BCUT2D eigenvalue weighted by molar-refractivity contribution is 0.382. The predicted molar refractivity (Wildman–Crippen MR) is 82.9 cm³/mol. The molecule has 0 amide bonds. The molecule has 0 aliphatic rings. The fourth-order valence-electron chi connectivity index (χ4n) is 1.83. The van der Waals surface area contributed by atoms with E-state index in [-0.39, 0.29) is 5.41 Å². The largest absolute Gasteiger partial charge is 0.0839 e. The highest BCUT2D eigenvalue weighted by molar-refractivity contribution is 5.50. The van der Waals surface area contributed by atoms with E-state index in [1.807, 2.05) is 0 Å². The molecule has 0 unspecified atom stereocenters. The van der Waals surface area contributed by atoms with Crippen molar-refractivity contribution in [2.75, 3.05) is 0 Å². The molecule has 18 heavy (non-hydrogen) atoms. The van der Waals surface area contributed by atoms with Crippen molar-refractivity contribution in [2.45, 2.75) is 59.8 Å². The van der Waals surface area contributed by atoms with E-state index in [1.165, 1.54) is 17.5 Å². The quantitative estimate of drug-likeness (QED) is 0.628. The van der Waals surface area contributed by atoms with Crippen molar-refractivity contribution in [3.8, 4) is 0 Å². The molecule has 0 nitrogen and oxygen atoms in total. The summed E-state index contributed by atoms with van der Waals surface area (Å²) < 4.78 is 0. The molecule has 0 spiro atoms. The highest BCUT2D eigenvalue weighted by atomic mass is 14.2. The molecule has 0 fully saturated rings. The summed E-state index contributed by atoms with van der Waals surface area (Å²) in [5, 5.41) is 0. The van der Waals surface area contributed by atoms with Gasteiger partial charge in [0.25, 0.3) is 0 Å². The predicted octanol–water partition coefficient (Wildman–Crippen LogP) is 5.82. The van der Waals surface area contributed by atoms with Crippen molar-refractivity contribution >= 4 is 6.08 Å². The summed E-state index contributed by atoms with van der Waals surface area (Å²) in [5.74, 6) is 0. The Bertz CT molecular complexity index is 380. The van der Waals surface area contributed by atoms with Crippen LogP contribution in [0.1, 0.15) is 65.5 Å². The Balaban J connectivity index is 2.57. The molecule has 0 N–H and O–H groups in total. The number of benzene rings is 1. The molecule has 0 heteroatoms. The Labute approximate surface area is 113 Å². The first kappa shape index (κ1) is 15.0. The third kappa shape index (κ3) is 5.53. The minimum absolute atomic E-state index is 0.245. The number of allylic oxidation sites excluding steroid dienone is 1. The zero-order valence-corrected chi connectivity index (χ0v) is 12.9. The molecule has 0 atom stereocenters. The summed E-state index contributed by atoms with van der Waals surface area (Å²) in [7, 11) is 0. The monoisotopic (exact) mass is 244 g/mol. The fourth-order valence-corrected chi connectivity index (χ4v) is 1.83. The SMILES string of the molecule is CC(C)(C)CC/C=C/c1ccc(C(C)(C)C)cc1. The Morgan fingerprint density at radius 3 is 1.89 bits per heavy atom. The zero-order valence-electron chi connectivity index (χ0n) is 12.9. The van der Waals surface area contributed by atoms with Crippen LogP contribution in [0.15, 0.2) is 30.3 Å². The Kier molecular flexibility index (Phi) is 4.78. The molecular weight excluding hydrogens is 216 g/mol. The maximum absolute atomic E-state index is 2.29. The van der Waals surface area contributed by atoms with Crippen molar-refractivity contribution in [2.24, 2.45) is 5.41 Å². The molecule has 100 valence electrons. The standard InChI is InChI=1S/C18H28/c1-17(2,3)14-8-7-9-15-10-12-16(13-11-15)18(4,5)6/h7,9-13H,8,14H2,1-6H3/b9-7+. The number of hydrogen-bond donors (Lipinski definition) is 0. The minimum Gasteiger partial charge on any atom is -0.0839 e. The van der Waals surface area contributed by atoms with Crippen molar-refractivity contribution in [1.29, 1.82) is 0 Å². The van der Waals surface area contributed by atoms with E-state index in [0.29, 0.717) is 5.41 Å². The van der Waals surface area contributed by atoms with Crippen LogP contribution in [0.4, 0.5) is 0 Å². The first-order chi connectivity index (χ1) is 8.18. The lowest BCUT2D eigenvalue weighted by Gasteiger charge is -2.18. The molecule has 0 aliphatic heterocycles. The Morgan fingerprint density at radius 1 is 0.889 bits per heavy atom. The maximum atomic E-state index is 2.29. The molecule has 0 radical (unpaired) electrons. The summed E-state index contributed by atoms with van der Waals surface area (Å²) in [6, 6.07) is 8.91. The van der Waals surface area contributed by atoms with Crippen LogP contribution < -0.4 is 0 Å². The van der Waals surface area contributed by atoms with Crippen LogP contribution in [0.2, 0.25) is 0 Å². The summed E-state index contributed by atoms with van der Waals surface area (Å²) >= 11 is 0. The lowest BCUT2D eigenvalue weighted by atomic mass is 9.86. The van der Waals surface area contributed by atoms with Gasteiger partial charge in [-0.05, 0) is 34.8 Å². The second-order valence-corrected chi connectivity index (χ2v) is 7.37. The Hall–Kier alpha value is -1.04. The normalized spacial score (nSPS) is 13.2. The molecule has 1 aromatic rings. The average Bonchev–Trinajstić information content (AvgIpc) is 2.22. The van der Waals surface area contributed by atoms with E-state index in [2.05, 4.69) is 78.0 Å². The van der Waals surface area contributed by atoms with Gasteiger partial charge in [-0.3, -0.25) is 0 Å². The Morgan fingerprint density at radius 2 is 1.44 bits per heavy atom. The van der Waals surface area contributed by atoms with Gasteiger partial charge >= 0.3 is 0 Å². The topological polar surface area (TPSA) is 0 Å². The van der Waals surface area contributed by atoms with Crippen molar-refractivity contribution < 1.29 is 0 Å². The lowest BCUT2D eigenvalue weighted by Crippen LogP contribution is -2.10. The van der Waals surface area contributed by atoms with Gasteiger partial charge in [-0.1, -0.05) is 78.0 Å². The molecule has 1 aromatic carbocycles. The zero-order chi connectivity index (χ0) is 13.8. The van der Waals surface area contributed by atoms with Crippen LogP contribution >= 0.6 is 0 Å². The van der Waals surface area contributed by atoms with Crippen LogP contribution in [0.25, 0.3) is 6.08 Å². The molecule has 0 aromatic heterocycles. The molecule has 0 bridgehead atoms. The van der Waals surface area contributed by atoms with E-state index >= 15 is 0 Å². The highest BCUT2D eigenvalue weighted by Crippen LogP contribution is 2.23. The molecule has 0 aliphatic carbocycles. The van der Waals surface area contributed by atoms with Crippen LogP contribution in [0.3, 0.4) is 0 Å². The van der Waals surface area contributed by atoms with Crippen LogP contribution in [0, 0.1) is 5.41 Å². The van der Waals surface area contributed by atoms with Gasteiger partial charge in [-0.15, -0.1) is 0 Å². The van der Waals surface area contributed by atoms with E-state index in [9.17, 15) is 0 Å². The van der Waals surface area contributed by atoms with E-state index in [4.69, 9.17) is 0 Å². The van der Waals surface area contributed by atoms with Gasteiger partial charge in [-0.2, -0.15) is 0 Å².